The summed E-state index contributed by atoms with van der Waals surface area (Å²) in [6, 6.07) is 17.7. The van der Waals surface area contributed by atoms with E-state index in [2.05, 4.69) is 55.5 Å². The van der Waals surface area contributed by atoms with Gasteiger partial charge in [-0.25, -0.2) is 0 Å². The number of hydrogen-bond acceptors (Lipinski definition) is 2. The normalized spacial score (nSPS) is 25.6. The van der Waals surface area contributed by atoms with Crippen molar-refractivity contribution in [2.45, 2.75) is 42.8 Å². The van der Waals surface area contributed by atoms with E-state index < -0.39 is 0 Å². The maximum absolute atomic E-state index is 9.41. The van der Waals surface area contributed by atoms with Crippen LogP contribution in [0.5, 0.6) is 0 Å². The molecule has 1 saturated carbocycles. The molecule has 2 heteroatoms. The fourth-order valence-electron chi connectivity index (χ4n) is 3.28. The second-order valence-electron chi connectivity index (χ2n) is 5.99. The Morgan fingerprint density at radius 2 is 1.95 bits per heavy atom. The van der Waals surface area contributed by atoms with Crippen molar-refractivity contribution in [3.05, 3.63) is 42.5 Å². The molecule has 0 aliphatic heterocycles. The van der Waals surface area contributed by atoms with E-state index in [0.717, 1.165) is 12.3 Å². The predicted molar refractivity (Wildman–Crippen MR) is 90.3 cm³/mol. The highest BCUT2D eigenvalue weighted by molar-refractivity contribution is 8.00. The van der Waals surface area contributed by atoms with E-state index in [0.29, 0.717) is 5.25 Å². The van der Waals surface area contributed by atoms with Gasteiger partial charge >= 0.3 is 0 Å². The molecule has 21 heavy (non-hydrogen) atoms. The molecule has 1 aliphatic rings. The first-order valence-electron chi connectivity index (χ1n) is 7.85. The largest absolute Gasteiger partial charge is 0.198 e. The lowest BCUT2D eigenvalue weighted by Crippen LogP contribution is -2.25. The quantitative estimate of drug-likeness (QED) is 0.730. The molecule has 3 unspecified atom stereocenters. The third kappa shape index (κ3) is 3.24. The van der Waals surface area contributed by atoms with E-state index in [1.807, 2.05) is 11.8 Å². The third-order valence-corrected chi connectivity index (χ3v) is 6.00. The molecule has 2 aromatic rings. The van der Waals surface area contributed by atoms with Gasteiger partial charge in [-0.1, -0.05) is 43.7 Å². The molecule has 3 atom stereocenters. The Hall–Kier alpha value is -1.46. The Labute approximate surface area is 131 Å². The molecule has 0 saturated heterocycles. The number of benzene rings is 2. The molecule has 0 aromatic heterocycles. The fraction of sp³-hybridized carbons (Fsp3) is 0.421. The van der Waals surface area contributed by atoms with E-state index in [1.54, 1.807) is 0 Å². The summed E-state index contributed by atoms with van der Waals surface area (Å²) in [5.41, 5.74) is 0. The van der Waals surface area contributed by atoms with E-state index in [9.17, 15) is 5.26 Å². The molecule has 0 radical (unpaired) electrons. The molecular weight excluding hydrogens is 274 g/mol. The molecule has 1 aliphatic carbocycles. The Morgan fingerprint density at radius 1 is 1.14 bits per heavy atom. The lowest BCUT2D eigenvalue weighted by atomic mass is 9.81. The summed E-state index contributed by atoms with van der Waals surface area (Å²) in [4.78, 5) is 1.30. The second kappa shape index (κ2) is 6.54. The van der Waals surface area contributed by atoms with E-state index in [4.69, 9.17) is 0 Å². The second-order valence-corrected chi connectivity index (χ2v) is 7.30. The number of fused-ring (bicyclic) bond motifs is 1. The van der Waals surface area contributed by atoms with Crippen LogP contribution >= 0.6 is 11.8 Å². The molecule has 0 spiro atoms. The average Bonchev–Trinajstić information content (AvgIpc) is 2.54. The zero-order valence-electron chi connectivity index (χ0n) is 12.5. The summed E-state index contributed by atoms with van der Waals surface area (Å²) >= 11 is 1.91. The van der Waals surface area contributed by atoms with Crippen LogP contribution in [0.2, 0.25) is 0 Å². The van der Waals surface area contributed by atoms with E-state index >= 15 is 0 Å². The molecule has 0 N–H and O–H groups in total. The molecule has 0 bridgehead atoms. The van der Waals surface area contributed by atoms with Crippen molar-refractivity contribution in [3.63, 3.8) is 0 Å². The van der Waals surface area contributed by atoms with Crippen molar-refractivity contribution in [1.82, 2.24) is 0 Å². The summed E-state index contributed by atoms with van der Waals surface area (Å²) < 4.78 is 0. The third-order valence-electron chi connectivity index (χ3n) is 4.65. The highest BCUT2D eigenvalue weighted by atomic mass is 32.2. The molecule has 1 nitrogen and oxygen atoms in total. The van der Waals surface area contributed by atoms with Gasteiger partial charge < -0.3 is 0 Å². The Balaban J connectivity index is 1.80. The molecular formula is C19H21NS. The SMILES string of the molecule is CCC1CCC(C#N)C(Sc2ccc3ccccc3c2)C1. The van der Waals surface area contributed by atoms with Crippen LogP contribution in [0.1, 0.15) is 32.6 Å². The first-order valence-corrected chi connectivity index (χ1v) is 8.73. The number of nitriles is 1. The van der Waals surface area contributed by atoms with E-state index in [-0.39, 0.29) is 5.92 Å². The Morgan fingerprint density at radius 3 is 2.71 bits per heavy atom. The maximum Gasteiger partial charge on any atom is 0.0667 e. The summed E-state index contributed by atoms with van der Waals surface area (Å²) in [6.07, 6.45) is 4.73. The van der Waals surface area contributed by atoms with Crippen molar-refractivity contribution < 1.29 is 0 Å². The molecule has 108 valence electrons. The monoisotopic (exact) mass is 295 g/mol. The number of hydrogen-bond donors (Lipinski definition) is 0. The van der Waals surface area contributed by atoms with Gasteiger partial charge in [-0.3, -0.25) is 0 Å². The highest BCUT2D eigenvalue weighted by Crippen LogP contribution is 2.41. The molecule has 2 aromatic carbocycles. The van der Waals surface area contributed by atoms with Gasteiger partial charge in [0.2, 0.25) is 0 Å². The van der Waals surface area contributed by atoms with E-state index in [1.165, 1.54) is 34.9 Å². The first-order chi connectivity index (χ1) is 10.3. The van der Waals surface area contributed by atoms with Crippen LogP contribution in [0.15, 0.2) is 47.4 Å². The number of rotatable bonds is 3. The van der Waals surface area contributed by atoms with Gasteiger partial charge in [-0.2, -0.15) is 5.26 Å². The van der Waals surface area contributed by atoms with Crippen LogP contribution < -0.4 is 0 Å². The smallest absolute Gasteiger partial charge is 0.0667 e. The van der Waals surface area contributed by atoms with Crippen LogP contribution in [0.4, 0.5) is 0 Å². The average molecular weight is 295 g/mol. The minimum Gasteiger partial charge on any atom is -0.198 e. The van der Waals surface area contributed by atoms with Crippen molar-refractivity contribution in [1.29, 1.82) is 5.26 Å². The van der Waals surface area contributed by atoms with Crippen molar-refractivity contribution >= 4 is 22.5 Å². The maximum atomic E-state index is 9.41. The standard InChI is InChI=1S/C19H21NS/c1-2-14-7-8-17(13-20)19(11-14)21-18-10-9-15-5-3-4-6-16(15)12-18/h3-6,9-10,12,14,17,19H,2,7-8,11H2,1H3. The zero-order chi connectivity index (χ0) is 14.7. The molecule has 0 amide bonds. The van der Waals surface area contributed by atoms with Gasteiger partial charge in [0.05, 0.1) is 12.0 Å². The van der Waals surface area contributed by atoms with Crippen molar-refractivity contribution in [2.75, 3.05) is 0 Å². The Kier molecular flexibility index (Phi) is 4.51. The van der Waals surface area contributed by atoms with Gasteiger partial charge in [-0.05, 0) is 48.1 Å². The molecule has 1 fully saturated rings. The van der Waals surface area contributed by atoms with Gasteiger partial charge in [0.1, 0.15) is 0 Å². The molecule has 3 rings (SSSR count). The topological polar surface area (TPSA) is 23.8 Å². The zero-order valence-corrected chi connectivity index (χ0v) is 13.3. The van der Waals surface area contributed by atoms with Crippen LogP contribution in [-0.4, -0.2) is 5.25 Å². The summed E-state index contributed by atoms with van der Waals surface area (Å²) in [6.45, 7) is 2.27. The minimum atomic E-state index is 0.212. The van der Waals surface area contributed by atoms with Crippen molar-refractivity contribution in [2.24, 2.45) is 11.8 Å². The minimum absolute atomic E-state index is 0.212. The lowest BCUT2D eigenvalue weighted by molar-refractivity contribution is 0.317. The van der Waals surface area contributed by atoms with Crippen molar-refractivity contribution in [3.8, 4) is 6.07 Å². The van der Waals surface area contributed by atoms with Crippen LogP contribution in [0.3, 0.4) is 0 Å². The fourth-order valence-corrected chi connectivity index (χ4v) is 4.70. The van der Waals surface area contributed by atoms with Crippen LogP contribution in [0.25, 0.3) is 10.8 Å². The van der Waals surface area contributed by atoms with Gasteiger partial charge in [0.15, 0.2) is 0 Å². The number of thioether (sulfide) groups is 1. The highest BCUT2D eigenvalue weighted by Gasteiger charge is 2.30. The molecule has 0 heterocycles. The van der Waals surface area contributed by atoms with Crippen LogP contribution in [0, 0.1) is 23.2 Å². The van der Waals surface area contributed by atoms with Crippen LogP contribution in [-0.2, 0) is 0 Å². The lowest BCUT2D eigenvalue weighted by Gasteiger charge is -2.31. The Bertz CT molecular complexity index is 658. The summed E-state index contributed by atoms with van der Waals surface area (Å²) in [5, 5.41) is 12.4. The van der Waals surface area contributed by atoms with Gasteiger partial charge in [0.25, 0.3) is 0 Å². The summed E-state index contributed by atoms with van der Waals surface area (Å²) in [5.74, 6) is 1.01. The van der Waals surface area contributed by atoms with Gasteiger partial charge in [-0.15, -0.1) is 11.8 Å². The first kappa shape index (κ1) is 14.5. The van der Waals surface area contributed by atoms with Gasteiger partial charge in [0, 0.05) is 10.1 Å². The summed E-state index contributed by atoms with van der Waals surface area (Å²) in [7, 11) is 0. The predicted octanol–water partition coefficient (Wildman–Crippen LogP) is 5.65. The number of nitrogens with zero attached hydrogens (tertiary/aromatic N) is 1.